The molecule has 0 atom stereocenters. The molecule has 98 valence electrons. The summed E-state index contributed by atoms with van der Waals surface area (Å²) in [6, 6.07) is 8.93. The molecule has 0 amide bonds. The summed E-state index contributed by atoms with van der Waals surface area (Å²) in [7, 11) is 0. The van der Waals surface area contributed by atoms with Gasteiger partial charge in [-0.3, -0.25) is 0 Å². The Hall–Kier alpha value is -1.88. The number of benzene rings is 2. The van der Waals surface area contributed by atoms with Crippen LogP contribution >= 0.6 is 15.9 Å². The van der Waals surface area contributed by atoms with Crippen molar-refractivity contribution in [1.29, 1.82) is 0 Å². The molecule has 0 aliphatic rings. The standard InChI is InChI=1S/C14H10BrFO3/c1-8-6-9(14(17)18)2-5-13(8)19-10-3-4-11(15)12(16)7-10/h2-7H,1H3,(H,17,18). The van der Waals surface area contributed by atoms with Crippen LogP contribution in [-0.4, -0.2) is 11.1 Å². The van der Waals surface area contributed by atoms with Crippen LogP contribution < -0.4 is 4.74 Å². The second kappa shape index (κ2) is 5.40. The maximum absolute atomic E-state index is 13.3. The SMILES string of the molecule is Cc1cc(C(=O)O)ccc1Oc1ccc(Br)c(F)c1. The second-order valence-corrected chi connectivity index (χ2v) is 4.82. The summed E-state index contributed by atoms with van der Waals surface area (Å²) in [5.74, 6) is -0.569. The molecule has 3 nitrogen and oxygen atoms in total. The van der Waals surface area contributed by atoms with Gasteiger partial charge in [-0.15, -0.1) is 0 Å². The van der Waals surface area contributed by atoms with Crippen LogP contribution in [0.2, 0.25) is 0 Å². The van der Waals surface area contributed by atoms with E-state index in [9.17, 15) is 9.18 Å². The fourth-order valence-corrected chi connectivity index (χ4v) is 1.81. The predicted molar refractivity (Wildman–Crippen MR) is 72.3 cm³/mol. The number of halogens is 2. The zero-order valence-corrected chi connectivity index (χ0v) is 11.6. The Morgan fingerprint density at radius 2 is 2.00 bits per heavy atom. The average Bonchev–Trinajstić information content (AvgIpc) is 2.36. The van der Waals surface area contributed by atoms with E-state index in [1.807, 2.05) is 0 Å². The van der Waals surface area contributed by atoms with Gasteiger partial charge in [-0.25, -0.2) is 9.18 Å². The van der Waals surface area contributed by atoms with Gasteiger partial charge in [0.15, 0.2) is 0 Å². The van der Waals surface area contributed by atoms with Gasteiger partial charge < -0.3 is 9.84 Å². The molecule has 0 aliphatic carbocycles. The molecule has 0 saturated carbocycles. The zero-order valence-electron chi connectivity index (χ0n) is 9.98. The maximum Gasteiger partial charge on any atom is 0.335 e. The molecule has 2 rings (SSSR count). The third kappa shape index (κ3) is 3.12. The Kier molecular flexibility index (Phi) is 3.85. The molecule has 0 radical (unpaired) electrons. The number of aryl methyl sites for hydroxylation is 1. The van der Waals surface area contributed by atoms with Crippen molar-refractivity contribution in [1.82, 2.24) is 0 Å². The van der Waals surface area contributed by atoms with Crippen LogP contribution in [0, 0.1) is 12.7 Å². The van der Waals surface area contributed by atoms with Gasteiger partial charge >= 0.3 is 5.97 Å². The van der Waals surface area contributed by atoms with Crippen molar-refractivity contribution in [3.63, 3.8) is 0 Å². The molecule has 0 heterocycles. The largest absolute Gasteiger partial charge is 0.478 e. The minimum absolute atomic E-state index is 0.187. The molecule has 0 aliphatic heterocycles. The van der Waals surface area contributed by atoms with Gasteiger partial charge in [-0.05, 0) is 58.7 Å². The van der Waals surface area contributed by atoms with Gasteiger partial charge in [0.2, 0.25) is 0 Å². The lowest BCUT2D eigenvalue weighted by atomic mass is 10.1. The molecule has 0 fully saturated rings. The number of carbonyl (C=O) groups is 1. The number of carboxylic acid groups (broad SMARTS) is 1. The smallest absolute Gasteiger partial charge is 0.335 e. The first-order valence-corrected chi connectivity index (χ1v) is 6.23. The number of carboxylic acids is 1. The first-order chi connectivity index (χ1) is 8.97. The van der Waals surface area contributed by atoms with E-state index in [1.165, 1.54) is 18.2 Å². The van der Waals surface area contributed by atoms with Crippen molar-refractivity contribution in [3.8, 4) is 11.5 Å². The Morgan fingerprint density at radius 1 is 1.26 bits per heavy atom. The summed E-state index contributed by atoms with van der Waals surface area (Å²) in [6.07, 6.45) is 0. The summed E-state index contributed by atoms with van der Waals surface area (Å²) in [5, 5.41) is 8.86. The second-order valence-electron chi connectivity index (χ2n) is 3.96. The minimum atomic E-state index is -0.996. The number of ether oxygens (including phenoxy) is 1. The lowest BCUT2D eigenvalue weighted by Crippen LogP contribution is -1.97. The normalized spacial score (nSPS) is 10.3. The zero-order chi connectivity index (χ0) is 14.0. The van der Waals surface area contributed by atoms with Crippen molar-refractivity contribution in [2.75, 3.05) is 0 Å². The number of hydrogen-bond acceptors (Lipinski definition) is 2. The summed E-state index contributed by atoms with van der Waals surface area (Å²) >= 11 is 3.06. The number of aromatic carboxylic acids is 1. The average molecular weight is 325 g/mol. The third-order valence-corrected chi connectivity index (χ3v) is 3.18. The van der Waals surface area contributed by atoms with Gasteiger partial charge in [0.1, 0.15) is 17.3 Å². The van der Waals surface area contributed by atoms with E-state index >= 15 is 0 Å². The van der Waals surface area contributed by atoms with Gasteiger partial charge in [0, 0.05) is 6.07 Å². The van der Waals surface area contributed by atoms with Crippen LogP contribution in [0.5, 0.6) is 11.5 Å². The van der Waals surface area contributed by atoms with E-state index < -0.39 is 11.8 Å². The molecule has 0 unspecified atom stereocenters. The van der Waals surface area contributed by atoms with Crippen molar-refractivity contribution in [2.45, 2.75) is 6.92 Å². The Bertz CT molecular complexity index is 641. The Labute approximate surface area is 117 Å². The van der Waals surface area contributed by atoms with E-state index in [2.05, 4.69) is 15.9 Å². The lowest BCUT2D eigenvalue weighted by molar-refractivity contribution is 0.0697. The molecule has 0 saturated heterocycles. The van der Waals surface area contributed by atoms with Gasteiger partial charge in [0.25, 0.3) is 0 Å². The Balaban J connectivity index is 2.28. The minimum Gasteiger partial charge on any atom is -0.478 e. The van der Waals surface area contributed by atoms with Gasteiger partial charge in [-0.2, -0.15) is 0 Å². The van der Waals surface area contributed by atoms with E-state index in [4.69, 9.17) is 9.84 Å². The van der Waals surface area contributed by atoms with Gasteiger partial charge in [-0.1, -0.05) is 0 Å². The highest BCUT2D eigenvalue weighted by Gasteiger charge is 2.08. The fourth-order valence-electron chi connectivity index (χ4n) is 1.56. The van der Waals surface area contributed by atoms with Crippen LogP contribution in [0.4, 0.5) is 4.39 Å². The van der Waals surface area contributed by atoms with Crippen LogP contribution in [0.15, 0.2) is 40.9 Å². The molecule has 2 aromatic carbocycles. The predicted octanol–water partition coefficient (Wildman–Crippen LogP) is 4.39. The number of rotatable bonds is 3. The molecular formula is C14H10BrFO3. The van der Waals surface area contributed by atoms with E-state index in [1.54, 1.807) is 25.1 Å². The Morgan fingerprint density at radius 3 is 2.58 bits per heavy atom. The summed E-state index contributed by atoms with van der Waals surface area (Å²) in [6.45, 7) is 1.73. The molecule has 0 spiro atoms. The fraction of sp³-hybridized carbons (Fsp3) is 0.0714. The molecule has 1 N–H and O–H groups in total. The van der Waals surface area contributed by atoms with Crippen molar-refractivity contribution >= 4 is 21.9 Å². The quantitative estimate of drug-likeness (QED) is 0.910. The van der Waals surface area contributed by atoms with Gasteiger partial charge in [0.05, 0.1) is 10.0 Å². The third-order valence-electron chi connectivity index (χ3n) is 2.54. The van der Waals surface area contributed by atoms with E-state index in [0.29, 0.717) is 21.5 Å². The summed E-state index contributed by atoms with van der Waals surface area (Å²) in [4.78, 5) is 10.8. The molecule has 0 bridgehead atoms. The topological polar surface area (TPSA) is 46.5 Å². The van der Waals surface area contributed by atoms with E-state index in [-0.39, 0.29) is 5.56 Å². The lowest BCUT2D eigenvalue weighted by Gasteiger charge is -2.09. The first-order valence-electron chi connectivity index (χ1n) is 5.44. The molecule has 2 aromatic rings. The summed E-state index contributed by atoms with van der Waals surface area (Å²) < 4.78 is 19.2. The van der Waals surface area contributed by atoms with E-state index in [0.717, 1.165) is 0 Å². The van der Waals surface area contributed by atoms with Crippen molar-refractivity contribution in [2.24, 2.45) is 0 Å². The highest BCUT2D eigenvalue weighted by Crippen LogP contribution is 2.28. The summed E-state index contributed by atoms with van der Waals surface area (Å²) in [5.41, 5.74) is 0.857. The monoisotopic (exact) mass is 324 g/mol. The van der Waals surface area contributed by atoms with Crippen LogP contribution in [0.25, 0.3) is 0 Å². The van der Waals surface area contributed by atoms with Crippen LogP contribution in [0.3, 0.4) is 0 Å². The molecule has 19 heavy (non-hydrogen) atoms. The molecule has 5 heteroatoms. The van der Waals surface area contributed by atoms with Crippen LogP contribution in [-0.2, 0) is 0 Å². The highest BCUT2D eigenvalue weighted by molar-refractivity contribution is 9.10. The number of hydrogen-bond donors (Lipinski definition) is 1. The van der Waals surface area contributed by atoms with Crippen molar-refractivity contribution in [3.05, 3.63) is 57.8 Å². The highest BCUT2D eigenvalue weighted by atomic mass is 79.9. The first kappa shape index (κ1) is 13.5. The molecular weight excluding hydrogens is 315 g/mol. The van der Waals surface area contributed by atoms with Crippen LogP contribution in [0.1, 0.15) is 15.9 Å². The molecule has 0 aromatic heterocycles. The van der Waals surface area contributed by atoms with Crippen molar-refractivity contribution < 1.29 is 19.0 Å². The maximum atomic E-state index is 13.3.